The van der Waals surface area contributed by atoms with E-state index in [1.165, 1.54) is 0 Å². The minimum Gasteiger partial charge on any atom is -0.391 e. The number of benzene rings is 1. The van der Waals surface area contributed by atoms with Crippen molar-refractivity contribution in [1.29, 1.82) is 0 Å². The van der Waals surface area contributed by atoms with Crippen LogP contribution in [0.15, 0.2) is 23.1 Å². The maximum absolute atomic E-state index is 13.6. The lowest BCUT2D eigenvalue weighted by atomic mass is 9.98. The normalized spacial score (nSPS) is 25.5. The zero-order valence-electron chi connectivity index (χ0n) is 10.4. The summed E-state index contributed by atoms with van der Waals surface area (Å²) in [6.45, 7) is 1.81. The SMILES string of the molecule is CC1CCN(S(=O)(=O)c2c(F)cccc2F)CC1O. The first-order valence-electron chi connectivity index (χ1n) is 5.96. The summed E-state index contributed by atoms with van der Waals surface area (Å²) in [5, 5.41) is 9.70. The molecule has 1 aliphatic rings. The van der Waals surface area contributed by atoms with Crippen LogP contribution in [-0.4, -0.2) is 37.0 Å². The van der Waals surface area contributed by atoms with Crippen LogP contribution in [0.25, 0.3) is 0 Å². The second-order valence-corrected chi connectivity index (χ2v) is 6.62. The maximum Gasteiger partial charge on any atom is 0.249 e. The molecule has 0 radical (unpaired) electrons. The second kappa shape index (κ2) is 5.15. The Morgan fingerprint density at radius 3 is 2.42 bits per heavy atom. The summed E-state index contributed by atoms with van der Waals surface area (Å²) in [5.74, 6) is -2.27. The van der Waals surface area contributed by atoms with Crippen molar-refractivity contribution in [3.05, 3.63) is 29.8 Å². The van der Waals surface area contributed by atoms with Crippen molar-refractivity contribution in [3.8, 4) is 0 Å². The maximum atomic E-state index is 13.6. The smallest absolute Gasteiger partial charge is 0.249 e. The summed E-state index contributed by atoms with van der Waals surface area (Å²) in [6, 6.07) is 2.91. The number of piperidine rings is 1. The highest BCUT2D eigenvalue weighted by atomic mass is 32.2. The lowest BCUT2D eigenvalue weighted by Crippen LogP contribution is -2.46. The van der Waals surface area contributed by atoms with Crippen LogP contribution < -0.4 is 0 Å². The van der Waals surface area contributed by atoms with Gasteiger partial charge in [-0.3, -0.25) is 0 Å². The van der Waals surface area contributed by atoms with E-state index < -0.39 is 32.7 Å². The molecule has 2 rings (SSSR count). The number of halogens is 2. The number of aliphatic hydroxyl groups is 1. The average molecular weight is 291 g/mol. The quantitative estimate of drug-likeness (QED) is 0.895. The summed E-state index contributed by atoms with van der Waals surface area (Å²) in [6.07, 6.45) is -0.366. The van der Waals surface area contributed by atoms with E-state index >= 15 is 0 Å². The molecule has 0 saturated carbocycles. The fourth-order valence-electron chi connectivity index (χ4n) is 2.10. The van der Waals surface area contributed by atoms with Gasteiger partial charge < -0.3 is 5.11 Å². The number of aliphatic hydroxyl groups excluding tert-OH is 1. The van der Waals surface area contributed by atoms with E-state index in [0.29, 0.717) is 6.42 Å². The van der Waals surface area contributed by atoms with Gasteiger partial charge in [-0.05, 0) is 24.5 Å². The van der Waals surface area contributed by atoms with E-state index in [4.69, 9.17) is 0 Å². The van der Waals surface area contributed by atoms with E-state index in [1.807, 2.05) is 0 Å². The summed E-state index contributed by atoms with van der Waals surface area (Å²) in [4.78, 5) is -0.947. The van der Waals surface area contributed by atoms with Crippen molar-refractivity contribution >= 4 is 10.0 Å². The zero-order chi connectivity index (χ0) is 14.2. The fraction of sp³-hybridized carbons (Fsp3) is 0.500. The molecule has 2 atom stereocenters. The molecule has 4 nitrogen and oxygen atoms in total. The van der Waals surface area contributed by atoms with Gasteiger partial charge in [0.2, 0.25) is 10.0 Å². The van der Waals surface area contributed by atoms with Gasteiger partial charge in [-0.15, -0.1) is 0 Å². The zero-order valence-corrected chi connectivity index (χ0v) is 11.2. The Labute approximate surface area is 110 Å². The molecule has 0 aliphatic carbocycles. The van der Waals surface area contributed by atoms with Gasteiger partial charge in [-0.2, -0.15) is 4.31 Å². The van der Waals surface area contributed by atoms with Crippen LogP contribution in [0, 0.1) is 17.6 Å². The van der Waals surface area contributed by atoms with Gasteiger partial charge in [-0.1, -0.05) is 13.0 Å². The first-order valence-corrected chi connectivity index (χ1v) is 7.40. The minimum atomic E-state index is -4.26. The highest BCUT2D eigenvalue weighted by Crippen LogP contribution is 2.26. The topological polar surface area (TPSA) is 57.6 Å². The Morgan fingerprint density at radius 2 is 1.89 bits per heavy atom. The summed E-state index contributed by atoms with van der Waals surface area (Å²) >= 11 is 0. The van der Waals surface area contributed by atoms with Gasteiger partial charge in [0.05, 0.1) is 6.10 Å². The van der Waals surface area contributed by atoms with Crippen LogP contribution >= 0.6 is 0 Å². The molecule has 1 fully saturated rings. The van der Waals surface area contributed by atoms with E-state index in [1.54, 1.807) is 6.92 Å². The van der Waals surface area contributed by atoms with Crippen LogP contribution in [0.2, 0.25) is 0 Å². The Kier molecular flexibility index (Phi) is 3.89. The number of sulfonamides is 1. The van der Waals surface area contributed by atoms with Crippen molar-refractivity contribution in [2.75, 3.05) is 13.1 Å². The largest absolute Gasteiger partial charge is 0.391 e. The summed E-state index contributed by atoms with van der Waals surface area (Å²) in [7, 11) is -4.26. The molecule has 1 aliphatic heterocycles. The van der Waals surface area contributed by atoms with Crippen LogP contribution in [0.3, 0.4) is 0 Å². The first-order chi connectivity index (χ1) is 8.84. The second-order valence-electron chi connectivity index (χ2n) is 4.75. The Balaban J connectivity index is 2.38. The van der Waals surface area contributed by atoms with Crippen molar-refractivity contribution in [2.45, 2.75) is 24.3 Å². The van der Waals surface area contributed by atoms with Crippen molar-refractivity contribution < 1.29 is 22.3 Å². The fourth-order valence-corrected chi connectivity index (χ4v) is 3.68. The molecule has 2 unspecified atom stereocenters. The predicted molar refractivity (Wildman–Crippen MR) is 64.9 cm³/mol. The van der Waals surface area contributed by atoms with Gasteiger partial charge >= 0.3 is 0 Å². The summed E-state index contributed by atoms with van der Waals surface area (Å²) < 4.78 is 52.5. The van der Waals surface area contributed by atoms with E-state index in [0.717, 1.165) is 22.5 Å². The number of hydrogen-bond acceptors (Lipinski definition) is 3. The first kappa shape index (κ1) is 14.4. The van der Waals surface area contributed by atoms with Crippen molar-refractivity contribution in [3.63, 3.8) is 0 Å². The van der Waals surface area contributed by atoms with E-state index in [-0.39, 0.29) is 19.0 Å². The third-order valence-corrected chi connectivity index (χ3v) is 5.32. The molecule has 0 aromatic heterocycles. The summed E-state index contributed by atoms with van der Waals surface area (Å²) in [5.41, 5.74) is 0. The molecule has 19 heavy (non-hydrogen) atoms. The molecule has 0 amide bonds. The molecular weight excluding hydrogens is 276 g/mol. The highest BCUT2D eigenvalue weighted by molar-refractivity contribution is 7.89. The molecule has 106 valence electrons. The Bertz CT molecular complexity index is 556. The predicted octanol–water partition coefficient (Wildman–Crippen LogP) is 1.36. The van der Waals surface area contributed by atoms with Crippen LogP contribution in [0.5, 0.6) is 0 Å². The van der Waals surface area contributed by atoms with Crippen LogP contribution in [0.4, 0.5) is 8.78 Å². The Hall–Kier alpha value is -1.05. The van der Waals surface area contributed by atoms with E-state index in [2.05, 4.69) is 0 Å². The number of hydrogen-bond donors (Lipinski definition) is 1. The number of nitrogens with zero attached hydrogens (tertiary/aromatic N) is 1. The lowest BCUT2D eigenvalue weighted by Gasteiger charge is -2.33. The molecule has 0 spiro atoms. The third-order valence-electron chi connectivity index (χ3n) is 3.40. The third kappa shape index (κ3) is 2.63. The van der Waals surface area contributed by atoms with Gasteiger partial charge in [0.15, 0.2) is 4.90 Å². The minimum absolute atomic E-state index is 0.0306. The average Bonchev–Trinajstić information content (AvgIpc) is 2.32. The molecule has 1 saturated heterocycles. The van der Waals surface area contributed by atoms with Crippen LogP contribution in [0.1, 0.15) is 13.3 Å². The Morgan fingerprint density at radius 1 is 1.32 bits per heavy atom. The van der Waals surface area contributed by atoms with Gasteiger partial charge in [0.25, 0.3) is 0 Å². The van der Waals surface area contributed by atoms with Gasteiger partial charge in [0, 0.05) is 13.1 Å². The molecule has 1 N–H and O–H groups in total. The molecule has 1 aromatic carbocycles. The van der Waals surface area contributed by atoms with E-state index in [9.17, 15) is 22.3 Å². The standard InChI is InChI=1S/C12H15F2NO3S/c1-8-5-6-15(7-11(8)16)19(17,18)12-9(13)3-2-4-10(12)14/h2-4,8,11,16H,5-7H2,1H3. The molecule has 7 heteroatoms. The monoisotopic (exact) mass is 291 g/mol. The van der Waals surface area contributed by atoms with Crippen LogP contribution in [-0.2, 0) is 10.0 Å². The molecule has 0 bridgehead atoms. The molecule has 1 aromatic rings. The van der Waals surface area contributed by atoms with Crippen molar-refractivity contribution in [2.24, 2.45) is 5.92 Å². The lowest BCUT2D eigenvalue weighted by molar-refractivity contribution is 0.0603. The van der Waals surface area contributed by atoms with Gasteiger partial charge in [-0.25, -0.2) is 17.2 Å². The highest BCUT2D eigenvalue weighted by Gasteiger charge is 2.35. The molecule has 1 heterocycles. The number of β-amino-alcohol motifs (C(OH)–C–C–N with tert-alkyl or cyclic N) is 1. The molecular formula is C12H15F2NO3S. The van der Waals surface area contributed by atoms with Crippen molar-refractivity contribution in [1.82, 2.24) is 4.31 Å². The number of rotatable bonds is 2. The van der Waals surface area contributed by atoms with Gasteiger partial charge in [0.1, 0.15) is 11.6 Å².